The highest BCUT2D eigenvalue weighted by Gasteiger charge is 2.12. The normalized spacial score (nSPS) is 11.0. The smallest absolute Gasteiger partial charge is 0.238 e. The number of para-hydroxylation sites is 3. The van der Waals surface area contributed by atoms with Gasteiger partial charge in [-0.3, -0.25) is 4.79 Å². The molecule has 5 nitrogen and oxygen atoms in total. The topological polar surface area (TPSA) is 59.6 Å². The van der Waals surface area contributed by atoms with Crippen LogP contribution in [0, 0.1) is 0 Å². The number of anilines is 1. The van der Waals surface area contributed by atoms with Gasteiger partial charge in [-0.05, 0) is 45.0 Å². The summed E-state index contributed by atoms with van der Waals surface area (Å²) in [5.74, 6) is 1.33. The van der Waals surface area contributed by atoms with Crippen LogP contribution in [0.15, 0.2) is 54.6 Å². The maximum Gasteiger partial charge on any atom is 0.238 e. The second-order valence-electron chi connectivity index (χ2n) is 6.66. The summed E-state index contributed by atoms with van der Waals surface area (Å²) in [6.07, 6.45) is 0. The number of ether oxygens (including phenoxy) is 2. The summed E-state index contributed by atoms with van der Waals surface area (Å²) in [6.45, 7) is 7.12. The Morgan fingerprint density at radius 3 is 2.28 bits per heavy atom. The molecule has 2 aromatic rings. The van der Waals surface area contributed by atoms with Crippen LogP contribution in [0.5, 0.6) is 11.5 Å². The van der Waals surface area contributed by atoms with Gasteiger partial charge >= 0.3 is 0 Å². The van der Waals surface area contributed by atoms with E-state index in [1.807, 2.05) is 75.4 Å². The fraction of sp³-hybridized carbons (Fsp3) is 0.350. The van der Waals surface area contributed by atoms with Crippen molar-refractivity contribution in [1.29, 1.82) is 0 Å². The van der Waals surface area contributed by atoms with Gasteiger partial charge in [-0.15, -0.1) is 0 Å². The summed E-state index contributed by atoms with van der Waals surface area (Å²) in [5, 5.41) is 6.03. The Morgan fingerprint density at radius 1 is 0.920 bits per heavy atom. The lowest BCUT2D eigenvalue weighted by Crippen LogP contribution is -2.41. The van der Waals surface area contributed by atoms with Gasteiger partial charge in [-0.2, -0.15) is 0 Å². The van der Waals surface area contributed by atoms with Crippen LogP contribution < -0.4 is 20.1 Å². The standard InChI is InChI=1S/C20H26N2O3/c1-20(2,3)21-15-19(23)22-17-11-7-8-12-18(17)25-14-13-24-16-9-5-4-6-10-16/h4-12,21H,13-15H2,1-3H3,(H,22,23). The number of carbonyl (C=O) groups excluding carboxylic acids is 1. The van der Waals surface area contributed by atoms with E-state index in [2.05, 4.69) is 10.6 Å². The van der Waals surface area contributed by atoms with Crippen molar-refractivity contribution in [2.24, 2.45) is 0 Å². The van der Waals surface area contributed by atoms with Gasteiger partial charge in [-0.25, -0.2) is 0 Å². The first-order valence-corrected chi connectivity index (χ1v) is 8.38. The van der Waals surface area contributed by atoms with Gasteiger partial charge in [0.2, 0.25) is 5.91 Å². The van der Waals surface area contributed by atoms with Crippen molar-refractivity contribution in [2.75, 3.05) is 25.1 Å². The van der Waals surface area contributed by atoms with E-state index >= 15 is 0 Å². The minimum atomic E-state index is -0.109. The van der Waals surface area contributed by atoms with Crippen molar-refractivity contribution < 1.29 is 14.3 Å². The molecule has 0 heterocycles. The van der Waals surface area contributed by atoms with Crippen LogP contribution in [0.4, 0.5) is 5.69 Å². The number of hydrogen-bond donors (Lipinski definition) is 2. The molecule has 2 N–H and O–H groups in total. The zero-order valence-corrected chi connectivity index (χ0v) is 15.0. The summed E-state index contributed by atoms with van der Waals surface area (Å²) >= 11 is 0. The SMILES string of the molecule is CC(C)(C)NCC(=O)Nc1ccccc1OCCOc1ccccc1. The Hall–Kier alpha value is -2.53. The third kappa shape index (κ3) is 7.27. The molecule has 0 radical (unpaired) electrons. The van der Waals surface area contributed by atoms with Gasteiger partial charge < -0.3 is 20.1 Å². The second kappa shape index (κ2) is 9.08. The van der Waals surface area contributed by atoms with Crippen LogP contribution >= 0.6 is 0 Å². The predicted octanol–water partition coefficient (Wildman–Crippen LogP) is 3.47. The molecule has 0 aliphatic rings. The number of rotatable bonds is 8. The lowest BCUT2D eigenvalue weighted by molar-refractivity contribution is -0.115. The summed E-state index contributed by atoms with van der Waals surface area (Å²) in [6, 6.07) is 17.0. The third-order valence-corrected chi connectivity index (χ3v) is 3.29. The molecule has 0 bridgehead atoms. The van der Waals surface area contributed by atoms with Crippen molar-refractivity contribution in [2.45, 2.75) is 26.3 Å². The first-order valence-electron chi connectivity index (χ1n) is 8.38. The van der Waals surface area contributed by atoms with Gasteiger partial charge in [0.1, 0.15) is 24.7 Å². The molecule has 1 amide bonds. The van der Waals surface area contributed by atoms with E-state index in [0.29, 0.717) is 24.7 Å². The first kappa shape index (κ1) is 18.8. The Morgan fingerprint density at radius 2 is 1.56 bits per heavy atom. The largest absolute Gasteiger partial charge is 0.490 e. The fourth-order valence-electron chi connectivity index (χ4n) is 2.06. The van der Waals surface area contributed by atoms with Crippen LogP contribution in [0.1, 0.15) is 20.8 Å². The number of hydrogen-bond acceptors (Lipinski definition) is 4. The van der Waals surface area contributed by atoms with Crippen molar-refractivity contribution >= 4 is 11.6 Å². The zero-order valence-electron chi connectivity index (χ0n) is 15.0. The average Bonchev–Trinajstić information content (AvgIpc) is 2.58. The molecule has 0 unspecified atom stereocenters. The third-order valence-electron chi connectivity index (χ3n) is 3.29. The summed E-state index contributed by atoms with van der Waals surface area (Å²) in [4.78, 5) is 12.1. The van der Waals surface area contributed by atoms with E-state index < -0.39 is 0 Å². The molecule has 0 spiro atoms. The van der Waals surface area contributed by atoms with E-state index in [-0.39, 0.29) is 18.0 Å². The molecule has 2 aromatic carbocycles. The Labute approximate surface area is 149 Å². The second-order valence-corrected chi connectivity index (χ2v) is 6.66. The predicted molar refractivity (Wildman–Crippen MR) is 100 cm³/mol. The van der Waals surface area contributed by atoms with Gasteiger partial charge in [0.15, 0.2) is 0 Å². The minimum Gasteiger partial charge on any atom is -0.490 e. The molecular weight excluding hydrogens is 316 g/mol. The Kier molecular flexibility index (Phi) is 6.83. The van der Waals surface area contributed by atoms with Crippen LogP contribution in [0.2, 0.25) is 0 Å². The molecule has 5 heteroatoms. The molecular formula is C20H26N2O3. The zero-order chi connectivity index (χ0) is 18.1. The Bertz CT molecular complexity index is 666. The van der Waals surface area contributed by atoms with Crippen molar-refractivity contribution in [3.8, 4) is 11.5 Å². The maximum atomic E-state index is 12.1. The molecule has 0 atom stereocenters. The van der Waals surface area contributed by atoms with E-state index in [1.54, 1.807) is 0 Å². The van der Waals surface area contributed by atoms with Crippen LogP contribution in [-0.2, 0) is 4.79 Å². The van der Waals surface area contributed by atoms with Gasteiger partial charge in [0.05, 0.1) is 12.2 Å². The lowest BCUT2D eigenvalue weighted by Gasteiger charge is -2.20. The molecule has 2 rings (SSSR count). The summed E-state index contributed by atoms with van der Waals surface area (Å²) in [7, 11) is 0. The van der Waals surface area contributed by atoms with Gasteiger partial charge in [0, 0.05) is 5.54 Å². The van der Waals surface area contributed by atoms with E-state index in [4.69, 9.17) is 9.47 Å². The van der Waals surface area contributed by atoms with Crippen molar-refractivity contribution in [3.05, 3.63) is 54.6 Å². The van der Waals surface area contributed by atoms with Crippen LogP contribution in [0.25, 0.3) is 0 Å². The van der Waals surface area contributed by atoms with E-state index in [9.17, 15) is 4.79 Å². The number of benzene rings is 2. The summed E-state index contributed by atoms with van der Waals surface area (Å²) < 4.78 is 11.3. The number of amides is 1. The van der Waals surface area contributed by atoms with E-state index in [1.165, 1.54) is 0 Å². The van der Waals surface area contributed by atoms with Crippen molar-refractivity contribution in [3.63, 3.8) is 0 Å². The first-order chi connectivity index (χ1) is 11.9. The summed E-state index contributed by atoms with van der Waals surface area (Å²) in [5.41, 5.74) is 0.546. The number of carbonyl (C=O) groups is 1. The lowest BCUT2D eigenvalue weighted by atomic mass is 10.1. The highest BCUT2D eigenvalue weighted by Crippen LogP contribution is 2.23. The monoisotopic (exact) mass is 342 g/mol. The molecule has 0 saturated heterocycles. The average molecular weight is 342 g/mol. The highest BCUT2D eigenvalue weighted by molar-refractivity contribution is 5.93. The minimum absolute atomic E-state index is 0.105. The Balaban J connectivity index is 1.82. The molecule has 0 aliphatic heterocycles. The van der Waals surface area contributed by atoms with Crippen molar-refractivity contribution in [1.82, 2.24) is 5.32 Å². The van der Waals surface area contributed by atoms with Crippen LogP contribution in [0.3, 0.4) is 0 Å². The fourth-order valence-corrected chi connectivity index (χ4v) is 2.06. The molecule has 25 heavy (non-hydrogen) atoms. The van der Waals surface area contributed by atoms with Crippen LogP contribution in [-0.4, -0.2) is 31.2 Å². The highest BCUT2D eigenvalue weighted by atomic mass is 16.5. The number of nitrogens with one attached hydrogen (secondary N) is 2. The molecule has 0 saturated carbocycles. The van der Waals surface area contributed by atoms with E-state index in [0.717, 1.165) is 5.75 Å². The molecule has 0 aliphatic carbocycles. The van der Waals surface area contributed by atoms with Gasteiger partial charge in [0.25, 0.3) is 0 Å². The quantitative estimate of drug-likeness (QED) is 0.721. The molecule has 134 valence electrons. The molecule has 0 aromatic heterocycles. The van der Waals surface area contributed by atoms with Gasteiger partial charge in [-0.1, -0.05) is 30.3 Å². The maximum absolute atomic E-state index is 12.1. The molecule has 0 fully saturated rings.